The van der Waals surface area contributed by atoms with Crippen LogP contribution in [-0.2, 0) is 0 Å². The molecule has 0 bridgehead atoms. The Bertz CT molecular complexity index is 1450. The molecule has 0 aromatic heterocycles. The van der Waals surface area contributed by atoms with E-state index in [4.69, 9.17) is 10.3 Å². The lowest BCUT2D eigenvalue weighted by atomic mass is 9.91. The van der Waals surface area contributed by atoms with Crippen molar-refractivity contribution in [3.63, 3.8) is 0 Å². The second kappa shape index (κ2) is 10.4. The fourth-order valence-electron chi connectivity index (χ4n) is 5.91. The summed E-state index contributed by atoms with van der Waals surface area (Å²) in [5, 5.41) is 8.19. The first-order valence-corrected chi connectivity index (χ1v) is 14.3. The van der Waals surface area contributed by atoms with Gasteiger partial charge in [0.2, 0.25) is 0 Å². The predicted octanol–water partition coefficient (Wildman–Crippen LogP) is 11.2. The van der Waals surface area contributed by atoms with Gasteiger partial charge >= 0.3 is 0 Å². The minimum absolute atomic E-state index is 0.145. The fraction of sp³-hybridized carbons (Fsp3) is 0.361. The van der Waals surface area contributed by atoms with Gasteiger partial charge in [0, 0.05) is 11.3 Å². The van der Waals surface area contributed by atoms with Crippen LogP contribution in [0.5, 0.6) is 0 Å². The molecule has 0 heterocycles. The van der Waals surface area contributed by atoms with Gasteiger partial charge in [0.15, 0.2) is 0 Å². The van der Waals surface area contributed by atoms with E-state index in [9.17, 15) is 0 Å². The van der Waals surface area contributed by atoms with Gasteiger partial charge in [0.1, 0.15) is 0 Å². The van der Waals surface area contributed by atoms with E-state index in [-0.39, 0.29) is 6.04 Å². The molecular formula is C36H41N2-. The number of hydrogen-bond acceptors (Lipinski definition) is 1. The van der Waals surface area contributed by atoms with Crippen LogP contribution in [0.4, 0.5) is 11.4 Å². The summed E-state index contributed by atoms with van der Waals surface area (Å²) in [5.41, 5.74) is 11.0. The molecule has 0 radical (unpaired) electrons. The first kappa shape index (κ1) is 26.2. The maximum absolute atomic E-state index is 5.64. The van der Waals surface area contributed by atoms with Gasteiger partial charge < -0.3 is 5.32 Å². The van der Waals surface area contributed by atoms with Crippen LogP contribution in [0.1, 0.15) is 118 Å². The number of benzene rings is 4. The Morgan fingerprint density at radius 3 is 1.58 bits per heavy atom. The van der Waals surface area contributed by atoms with Crippen LogP contribution in [0.3, 0.4) is 0 Å². The summed E-state index contributed by atoms with van der Waals surface area (Å²) in [6, 6.07) is 26.5. The maximum Gasteiger partial charge on any atom is 0.0701 e. The first-order chi connectivity index (χ1) is 18.2. The molecule has 0 saturated carbocycles. The molecule has 4 aromatic carbocycles. The van der Waals surface area contributed by atoms with Crippen molar-refractivity contribution in [1.29, 1.82) is 0 Å². The van der Waals surface area contributed by atoms with E-state index in [1.54, 1.807) is 0 Å². The predicted molar refractivity (Wildman–Crippen MR) is 165 cm³/mol. The van der Waals surface area contributed by atoms with Crippen LogP contribution in [0.2, 0.25) is 0 Å². The minimum Gasteiger partial charge on any atom is -0.673 e. The largest absolute Gasteiger partial charge is 0.673 e. The Balaban J connectivity index is 1.78. The minimum atomic E-state index is -0.145. The van der Waals surface area contributed by atoms with Gasteiger partial charge in [-0.2, -0.15) is 0 Å². The van der Waals surface area contributed by atoms with Crippen molar-refractivity contribution in [2.75, 3.05) is 0 Å². The van der Waals surface area contributed by atoms with Crippen molar-refractivity contribution in [3.8, 4) is 0 Å². The van der Waals surface area contributed by atoms with E-state index in [0.29, 0.717) is 23.7 Å². The highest BCUT2D eigenvalue weighted by atomic mass is 15.0. The average molecular weight is 502 g/mol. The van der Waals surface area contributed by atoms with Crippen LogP contribution in [0.15, 0.2) is 77.8 Å². The Morgan fingerprint density at radius 2 is 1.05 bits per heavy atom. The van der Waals surface area contributed by atoms with E-state index in [1.807, 2.05) is 0 Å². The molecule has 0 N–H and O–H groups in total. The van der Waals surface area contributed by atoms with Crippen LogP contribution in [0, 0.1) is 0 Å². The molecule has 0 aliphatic heterocycles. The Labute approximate surface area is 229 Å². The Kier molecular flexibility index (Phi) is 7.18. The lowest BCUT2D eigenvalue weighted by Gasteiger charge is -2.37. The van der Waals surface area contributed by atoms with Gasteiger partial charge in [-0.25, -0.2) is 0 Å². The number of aliphatic imine (C=N–C) groups is 1. The SMILES string of the molecule is CC(C)c1cccc(C(C)C)c1N=C1c2cccc3cccc(c23)C1[N-]c1c(C(C)C)cccc1C(C)C. The summed E-state index contributed by atoms with van der Waals surface area (Å²) in [4.78, 5) is 5.59. The van der Waals surface area contributed by atoms with Gasteiger partial charge in [-0.3, -0.25) is 4.99 Å². The van der Waals surface area contributed by atoms with Crippen LogP contribution in [0.25, 0.3) is 16.1 Å². The molecular weight excluding hydrogens is 460 g/mol. The van der Waals surface area contributed by atoms with Crippen LogP contribution >= 0.6 is 0 Å². The zero-order valence-electron chi connectivity index (χ0n) is 24.2. The molecule has 4 aromatic rings. The Morgan fingerprint density at radius 1 is 0.579 bits per heavy atom. The molecule has 1 atom stereocenters. The second-order valence-electron chi connectivity index (χ2n) is 12.0. The van der Waals surface area contributed by atoms with E-state index < -0.39 is 0 Å². The lowest BCUT2D eigenvalue weighted by Crippen LogP contribution is -2.09. The summed E-state index contributed by atoms with van der Waals surface area (Å²) < 4.78 is 0. The van der Waals surface area contributed by atoms with Crippen LogP contribution < -0.4 is 0 Å². The maximum atomic E-state index is 5.64. The smallest absolute Gasteiger partial charge is 0.0701 e. The van der Waals surface area contributed by atoms with Gasteiger partial charge in [-0.05, 0) is 57.2 Å². The highest BCUT2D eigenvalue weighted by Gasteiger charge is 2.27. The van der Waals surface area contributed by atoms with E-state index in [1.165, 1.54) is 44.2 Å². The van der Waals surface area contributed by atoms with Crippen molar-refractivity contribution >= 4 is 27.9 Å². The molecule has 0 fully saturated rings. The first-order valence-electron chi connectivity index (χ1n) is 14.3. The summed E-state index contributed by atoms with van der Waals surface area (Å²) in [6.45, 7) is 18.1. The zero-order valence-corrected chi connectivity index (χ0v) is 24.2. The number of nitrogens with zero attached hydrogens (tertiary/aromatic N) is 2. The van der Waals surface area contributed by atoms with E-state index >= 15 is 0 Å². The number of para-hydroxylation sites is 2. The van der Waals surface area contributed by atoms with Crippen molar-refractivity contribution in [3.05, 3.63) is 111 Å². The molecule has 2 heteroatoms. The molecule has 2 nitrogen and oxygen atoms in total. The molecule has 0 spiro atoms. The number of hydrogen-bond donors (Lipinski definition) is 0. The zero-order chi connectivity index (χ0) is 27.1. The van der Waals surface area contributed by atoms with Crippen molar-refractivity contribution in [2.24, 2.45) is 4.99 Å². The summed E-state index contributed by atoms with van der Waals surface area (Å²) >= 11 is 0. The van der Waals surface area contributed by atoms with Crippen LogP contribution in [-0.4, -0.2) is 5.71 Å². The number of rotatable bonds is 7. The molecule has 1 aliphatic carbocycles. The highest BCUT2D eigenvalue weighted by Crippen LogP contribution is 2.50. The Hall–Kier alpha value is -3.39. The van der Waals surface area contributed by atoms with Crippen molar-refractivity contribution < 1.29 is 0 Å². The molecule has 1 unspecified atom stereocenters. The van der Waals surface area contributed by atoms with E-state index in [0.717, 1.165) is 17.1 Å². The molecule has 5 rings (SSSR count). The van der Waals surface area contributed by atoms with Crippen molar-refractivity contribution in [1.82, 2.24) is 0 Å². The van der Waals surface area contributed by atoms with Gasteiger partial charge in [0.25, 0.3) is 0 Å². The third-order valence-corrected chi connectivity index (χ3v) is 7.94. The quantitative estimate of drug-likeness (QED) is 0.241. The monoisotopic (exact) mass is 501 g/mol. The van der Waals surface area contributed by atoms with E-state index in [2.05, 4.69) is 128 Å². The highest BCUT2D eigenvalue weighted by molar-refractivity contribution is 6.22. The normalized spacial score (nSPS) is 16.1. The molecule has 1 aliphatic rings. The molecule has 0 saturated heterocycles. The molecule has 196 valence electrons. The fourth-order valence-corrected chi connectivity index (χ4v) is 5.91. The van der Waals surface area contributed by atoms with Gasteiger partial charge in [-0.15, -0.1) is 5.69 Å². The standard InChI is InChI=1S/C36H41N2/c1-21(2)26-15-11-16-27(22(3)4)33(26)37-35-30-19-9-13-25-14-10-20-31(32(25)30)36(35)38-34-28(23(5)6)17-12-18-29(34)24(7)8/h9-24,35H,1-8H3/q-1. The van der Waals surface area contributed by atoms with Gasteiger partial charge in [-0.1, -0.05) is 139 Å². The lowest BCUT2D eigenvalue weighted by molar-refractivity contribution is 0.832. The van der Waals surface area contributed by atoms with Gasteiger partial charge in [0.05, 0.1) is 5.69 Å². The third-order valence-electron chi connectivity index (χ3n) is 7.94. The second-order valence-corrected chi connectivity index (χ2v) is 12.0. The summed E-state index contributed by atoms with van der Waals surface area (Å²) in [7, 11) is 0. The summed E-state index contributed by atoms with van der Waals surface area (Å²) in [5.74, 6) is 1.55. The molecule has 0 amide bonds. The third kappa shape index (κ3) is 4.55. The average Bonchev–Trinajstić information content (AvgIpc) is 3.17. The summed E-state index contributed by atoms with van der Waals surface area (Å²) in [6.07, 6.45) is 0. The van der Waals surface area contributed by atoms with Crippen molar-refractivity contribution in [2.45, 2.75) is 85.1 Å². The topological polar surface area (TPSA) is 26.5 Å². The molecule has 38 heavy (non-hydrogen) atoms.